The Bertz CT molecular complexity index is 292. The number of halogens is 1. The monoisotopic (exact) mass is 181 g/mol. The normalized spacial score (nSPS) is 10.6. The summed E-state index contributed by atoms with van der Waals surface area (Å²) < 4.78 is 13.3. The summed E-state index contributed by atoms with van der Waals surface area (Å²) in [7, 11) is 3.91. The Morgan fingerprint density at radius 2 is 1.85 bits per heavy atom. The Balaban J connectivity index is 3.11. The van der Waals surface area contributed by atoms with Crippen LogP contribution < -0.4 is 4.90 Å². The van der Waals surface area contributed by atoms with Gasteiger partial charge in [0.15, 0.2) is 0 Å². The average molecular weight is 181 g/mol. The zero-order valence-corrected chi connectivity index (χ0v) is 8.63. The van der Waals surface area contributed by atoms with Crippen molar-refractivity contribution in [2.45, 2.75) is 19.8 Å². The average Bonchev–Trinajstić information content (AvgIpc) is 2.04. The maximum atomic E-state index is 13.3. The van der Waals surface area contributed by atoms with Gasteiger partial charge in [0.2, 0.25) is 0 Å². The first-order chi connectivity index (χ1) is 6.02. The predicted molar refractivity (Wildman–Crippen MR) is 54.8 cm³/mol. The van der Waals surface area contributed by atoms with Gasteiger partial charge in [-0.1, -0.05) is 13.8 Å². The van der Waals surface area contributed by atoms with E-state index in [0.29, 0.717) is 0 Å². The van der Waals surface area contributed by atoms with E-state index in [9.17, 15) is 4.39 Å². The van der Waals surface area contributed by atoms with Gasteiger partial charge in [0.05, 0.1) is 0 Å². The molecule has 0 aliphatic carbocycles. The molecular weight excluding hydrogens is 165 g/mol. The second kappa shape index (κ2) is 3.77. The first-order valence-electron chi connectivity index (χ1n) is 4.49. The van der Waals surface area contributed by atoms with E-state index in [1.807, 2.05) is 38.9 Å². The van der Waals surface area contributed by atoms with Gasteiger partial charge in [-0.25, -0.2) is 4.39 Å². The lowest BCUT2D eigenvalue weighted by Gasteiger charge is -2.15. The van der Waals surface area contributed by atoms with Gasteiger partial charge in [-0.3, -0.25) is 0 Å². The Kier molecular flexibility index (Phi) is 2.91. The standard InChI is InChI=1S/C11H16FN/c1-8(2)10-7-9(13(3)4)5-6-11(10)12/h5-8H,1-4H3. The molecule has 0 radical (unpaired) electrons. The molecule has 1 nitrogen and oxygen atoms in total. The molecule has 0 atom stereocenters. The second-order valence-corrected chi connectivity index (χ2v) is 3.75. The number of hydrogen-bond donors (Lipinski definition) is 0. The third-order valence-corrected chi connectivity index (χ3v) is 2.12. The lowest BCUT2D eigenvalue weighted by molar-refractivity contribution is 0.598. The topological polar surface area (TPSA) is 3.24 Å². The molecule has 0 N–H and O–H groups in total. The number of rotatable bonds is 2. The third-order valence-electron chi connectivity index (χ3n) is 2.12. The molecule has 0 saturated heterocycles. The fourth-order valence-electron chi connectivity index (χ4n) is 1.25. The molecule has 0 unspecified atom stereocenters. The van der Waals surface area contributed by atoms with Crippen LogP contribution in [0.3, 0.4) is 0 Å². The summed E-state index contributed by atoms with van der Waals surface area (Å²) in [4.78, 5) is 1.98. The quantitative estimate of drug-likeness (QED) is 0.678. The van der Waals surface area contributed by atoms with E-state index >= 15 is 0 Å². The molecule has 0 heterocycles. The van der Waals surface area contributed by atoms with Crippen LogP contribution in [0.4, 0.5) is 10.1 Å². The molecule has 72 valence electrons. The van der Waals surface area contributed by atoms with Crippen LogP contribution in [-0.4, -0.2) is 14.1 Å². The van der Waals surface area contributed by atoms with Crippen molar-refractivity contribution in [1.29, 1.82) is 0 Å². The molecule has 0 aliphatic rings. The molecule has 0 saturated carbocycles. The predicted octanol–water partition coefficient (Wildman–Crippen LogP) is 3.02. The lowest BCUT2D eigenvalue weighted by Crippen LogP contribution is -2.09. The lowest BCUT2D eigenvalue weighted by atomic mass is 10.0. The van der Waals surface area contributed by atoms with Crippen molar-refractivity contribution in [3.05, 3.63) is 29.6 Å². The summed E-state index contributed by atoms with van der Waals surface area (Å²) in [6, 6.07) is 5.23. The van der Waals surface area contributed by atoms with Gasteiger partial charge in [0.25, 0.3) is 0 Å². The number of anilines is 1. The highest BCUT2D eigenvalue weighted by Crippen LogP contribution is 2.23. The molecule has 0 aliphatic heterocycles. The van der Waals surface area contributed by atoms with Gasteiger partial charge in [-0.2, -0.15) is 0 Å². The summed E-state index contributed by atoms with van der Waals surface area (Å²) in [5.74, 6) is 0.125. The van der Waals surface area contributed by atoms with Crippen LogP contribution in [0, 0.1) is 5.82 Å². The maximum Gasteiger partial charge on any atom is 0.126 e. The Morgan fingerprint density at radius 1 is 1.23 bits per heavy atom. The highest BCUT2D eigenvalue weighted by atomic mass is 19.1. The smallest absolute Gasteiger partial charge is 0.126 e. The highest BCUT2D eigenvalue weighted by Gasteiger charge is 2.07. The zero-order valence-electron chi connectivity index (χ0n) is 8.63. The minimum absolute atomic E-state index is 0.111. The fraction of sp³-hybridized carbons (Fsp3) is 0.455. The van der Waals surface area contributed by atoms with Crippen molar-refractivity contribution in [1.82, 2.24) is 0 Å². The first-order valence-corrected chi connectivity index (χ1v) is 4.49. The Hall–Kier alpha value is -1.05. The SMILES string of the molecule is CC(C)c1cc(N(C)C)ccc1F. The second-order valence-electron chi connectivity index (χ2n) is 3.75. The van der Waals surface area contributed by atoms with E-state index in [4.69, 9.17) is 0 Å². The number of nitrogens with zero attached hydrogens (tertiary/aromatic N) is 1. The fourth-order valence-corrected chi connectivity index (χ4v) is 1.25. The van der Waals surface area contributed by atoms with Crippen LogP contribution in [0.2, 0.25) is 0 Å². The van der Waals surface area contributed by atoms with Crippen molar-refractivity contribution < 1.29 is 4.39 Å². The molecule has 1 aromatic rings. The summed E-state index contributed by atoms with van der Waals surface area (Å²) in [6.07, 6.45) is 0. The van der Waals surface area contributed by atoms with E-state index < -0.39 is 0 Å². The molecule has 1 aromatic carbocycles. The molecule has 13 heavy (non-hydrogen) atoms. The van der Waals surface area contributed by atoms with Crippen LogP contribution in [0.5, 0.6) is 0 Å². The molecule has 0 spiro atoms. The van der Waals surface area contributed by atoms with Crippen LogP contribution >= 0.6 is 0 Å². The van der Waals surface area contributed by atoms with Gasteiger partial charge >= 0.3 is 0 Å². The van der Waals surface area contributed by atoms with Crippen LogP contribution in [-0.2, 0) is 0 Å². The largest absolute Gasteiger partial charge is 0.378 e. The number of hydrogen-bond acceptors (Lipinski definition) is 1. The van der Waals surface area contributed by atoms with Gasteiger partial charge in [-0.15, -0.1) is 0 Å². The van der Waals surface area contributed by atoms with Gasteiger partial charge < -0.3 is 4.90 Å². The van der Waals surface area contributed by atoms with Crippen molar-refractivity contribution in [2.75, 3.05) is 19.0 Å². The molecule has 2 heteroatoms. The molecule has 0 amide bonds. The van der Waals surface area contributed by atoms with E-state index in [2.05, 4.69) is 0 Å². The van der Waals surface area contributed by atoms with E-state index in [0.717, 1.165) is 11.3 Å². The van der Waals surface area contributed by atoms with Crippen LogP contribution in [0.25, 0.3) is 0 Å². The minimum Gasteiger partial charge on any atom is -0.378 e. The molecular formula is C11H16FN. The van der Waals surface area contributed by atoms with Crippen LogP contribution in [0.15, 0.2) is 18.2 Å². The van der Waals surface area contributed by atoms with E-state index in [1.165, 1.54) is 6.07 Å². The summed E-state index contributed by atoms with van der Waals surface area (Å²) in [5.41, 5.74) is 1.83. The molecule has 0 bridgehead atoms. The minimum atomic E-state index is -0.111. The summed E-state index contributed by atoms with van der Waals surface area (Å²) in [5, 5.41) is 0. The van der Waals surface area contributed by atoms with Crippen molar-refractivity contribution >= 4 is 5.69 Å². The highest BCUT2D eigenvalue weighted by molar-refractivity contribution is 5.48. The van der Waals surface area contributed by atoms with E-state index in [1.54, 1.807) is 6.07 Å². The van der Waals surface area contributed by atoms with Gasteiger partial charge in [-0.05, 0) is 29.7 Å². The number of benzene rings is 1. The van der Waals surface area contributed by atoms with E-state index in [-0.39, 0.29) is 11.7 Å². The summed E-state index contributed by atoms with van der Waals surface area (Å²) >= 11 is 0. The Morgan fingerprint density at radius 3 is 2.31 bits per heavy atom. The third kappa shape index (κ3) is 2.20. The molecule has 0 fully saturated rings. The van der Waals surface area contributed by atoms with Crippen molar-refractivity contribution in [3.8, 4) is 0 Å². The van der Waals surface area contributed by atoms with Crippen molar-refractivity contribution in [2.24, 2.45) is 0 Å². The first kappa shape index (κ1) is 10.0. The Labute approximate surface area is 79.2 Å². The maximum absolute atomic E-state index is 13.3. The van der Waals surface area contributed by atoms with Crippen LogP contribution in [0.1, 0.15) is 25.3 Å². The molecule has 1 rings (SSSR count). The van der Waals surface area contributed by atoms with Gasteiger partial charge in [0.1, 0.15) is 5.82 Å². The van der Waals surface area contributed by atoms with Gasteiger partial charge in [0, 0.05) is 19.8 Å². The van der Waals surface area contributed by atoms with Crippen molar-refractivity contribution in [3.63, 3.8) is 0 Å². The summed E-state index contributed by atoms with van der Waals surface area (Å²) in [6.45, 7) is 4.00. The zero-order chi connectivity index (χ0) is 10.0. The molecule has 0 aromatic heterocycles.